The van der Waals surface area contributed by atoms with E-state index in [1.165, 1.54) is 6.33 Å². The maximum absolute atomic E-state index is 12.9. The Morgan fingerprint density at radius 3 is 2.37 bits per heavy atom. The van der Waals surface area contributed by atoms with Gasteiger partial charge in [-0.3, -0.25) is 14.2 Å². The van der Waals surface area contributed by atoms with E-state index in [0.29, 0.717) is 56.6 Å². The van der Waals surface area contributed by atoms with Crippen molar-refractivity contribution >= 4 is 56.7 Å². The van der Waals surface area contributed by atoms with Crippen molar-refractivity contribution in [3.05, 3.63) is 94.4 Å². The van der Waals surface area contributed by atoms with Crippen LogP contribution in [0.4, 0.5) is 11.6 Å². The highest BCUT2D eigenvalue weighted by molar-refractivity contribution is 6.14. The number of aromatic nitrogens is 8. The Hall–Kier alpha value is -6.84. The van der Waals surface area contributed by atoms with Crippen molar-refractivity contribution < 1.29 is 24.5 Å². The van der Waals surface area contributed by atoms with Gasteiger partial charge in [0.1, 0.15) is 47.2 Å². The number of aromatic hydroxyl groups is 1. The van der Waals surface area contributed by atoms with Crippen LogP contribution in [0.3, 0.4) is 0 Å². The molecule has 1 aliphatic carbocycles. The number of nitrogens with zero attached hydrogens (tertiary/aromatic N) is 8. The Labute approximate surface area is 289 Å². The number of aryl methyl sites for hydroxylation is 2. The zero-order valence-corrected chi connectivity index (χ0v) is 28.2. The van der Waals surface area contributed by atoms with Gasteiger partial charge in [-0.25, -0.2) is 4.98 Å². The number of pyridine rings is 2. The Morgan fingerprint density at radius 2 is 1.65 bits per heavy atom. The van der Waals surface area contributed by atoms with Gasteiger partial charge in [0.2, 0.25) is 0 Å². The van der Waals surface area contributed by atoms with E-state index in [-0.39, 0.29) is 40.2 Å². The number of carbonyl (C=O) groups excluding carboxylic acids is 2. The van der Waals surface area contributed by atoms with Crippen LogP contribution < -0.4 is 27.6 Å². The Morgan fingerprint density at radius 1 is 0.922 bits per heavy atom. The third-order valence-electron chi connectivity index (χ3n) is 10.1. The van der Waals surface area contributed by atoms with E-state index in [2.05, 4.69) is 10.1 Å². The number of phenols is 1. The van der Waals surface area contributed by atoms with Crippen molar-refractivity contribution in [3.63, 3.8) is 0 Å². The second-order valence-electron chi connectivity index (χ2n) is 13.0. The summed E-state index contributed by atoms with van der Waals surface area (Å²) in [6.07, 6.45) is 8.39. The Balaban J connectivity index is 1.34. The number of fused-ring (bicyclic) bond motifs is 6. The molecule has 16 nitrogen and oxygen atoms in total. The normalized spacial score (nSPS) is 16.4. The van der Waals surface area contributed by atoms with Crippen molar-refractivity contribution in [2.24, 2.45) is 17.4 Å². The van der Waals surface area contributed by atoms with Gasteiger partial charge in [0, 0.05) is 22.3 Å². The molecule has 258 valence electrons. The summed E-state index contributed by atoms with van der Waals surface area (Å²) in [5.74, 6) is -1.36. The highest BCUT2D eigenvalue weighted by atomic mass is 16.3. The topological polar surface area (TPSA) is 240 Å². The number of phenolic OH excluding ortho intramolecular Hbond substituents is 1. The van der Waals surface area contributed by atoms with Gasteiger partial charge in [-0.1, -0.05) is 12.1 Å². The Kier molecular flexibility index (Phi) is 6.67. The van der Waals surface area contributed by atoms with Gasteiger partial charge in [-0.2, -0.15) is 14.3 Å². The minimum Gasteiger partial charge on any atom is -0.508 e. The van der Waals surface area contributed by atoms with E-state index in [9.17, 15) is 19.8 Å². The number of allylic oxidation sites excluding steroid dienone is 3. The van der Waals surface area contributed by atoms with E-state index >= 15 is 0 Å². The molecule has 0 fully saturated rings. The lowest BCUT2D eigenvalue weighted by atomic mass is 9.88. The molecule has 0 bridgehead atoms. The standard InChI is InChI=1S/C35H34N12O4/c1-15-5-7-22(48)17(3)26(15)45-28-20(24(29(45)36)31(38)50)9-10-44-34(28)41-14-43(44)12-19-6-8-23(49)18(4)27(19)46-30(37)25(32(39)51)21-11-16(2)33-40-13-42-47(33)35(21)46/h5-11,13-14,19,27,36H,12H2,1-4H3,(H8,37,38,39,48,49,50,51)/p+1. The number of nitrogens with two attached hydrogens (primary N) is 4. The summed E-state index contributed by atoms with van der Waals surface area (Å²) in [5.41, 5.74) is 30.9. The van der Waals surface area contributed by atoms with Crippen molar-refractivity contribution in [2.45, 2.75) is 40.3 Å². The van der Waals surface area contributed by atoms with Crippen LogP contribution in [0, 0.1) is 26.7 Å². The van der Waals surface area contributed by atoms with Crippen LogP contribution in [0.2, 0.25) is 0 Å². The first kappa shape index (κ1) is 31.4. The summed E-state index contributed by atoms with van der Waals surface area (Å²) in [6, 6.07) is 6.36. The first-order chi connectivity index (χ1) is 24.3. The van der Waals surface area contributed by atoms with Gasteiger partial charge >= 0.3 is 12.0 Å². The molecule has 2 unspecified atom stereocenters. The number of amides is 2. The molecule has 10 N–H and O–H groups in total. The number of carbonyl (C=O) groups is 2. The highest BCUT2D eigenvalue weighted by Gasteiger charge is 2.36. The molecule has 1 aromatic carbocycles. The zero-order chi connectivity index (χ0) is 36.2. The Bertz CT molecular complexity index is 2740. The van der Waals surface area contributed by atoms with Gasteiger partial charge < -0.3 is 37.7 Å². The first-order valence-electron chi connectivity index (χ1n) is 16.1. The second-order valence-corrected chi connectivity index (χ2v) is 13.0. The maximum atomic E-state index is 12.9. The molecule has 51 heavy (non-hydrogen) atoms. The van der Waals surface area contributed by atoms with Gasteiger partial charge in [0.05, 0.1) is 29.1 Å². The second kappa shape index (κ2) is 10.8. The van der Waals surface area contributed by atoms with Crippen LogP contribution in [0.15, 0.2) is 66.6 Å². The van der Waals surface area contributed by atoms with Gasteiger partial charge in [0.25, 0.3) is 11.8 Å². The summed E-state index contributed by atoms with van der Waals surface area (Å²) < 4.78 is 8.85. The lowest BCUT2D eigenvalue weighted by Crippen LogP contribution is -2.44. The number of nitrogen functional groups attached to an aromatic ring is 2. The van der Waals surface area contributed by atoms with Crippen LogP contribution in [0.5, 0.6) is 5.75 Å². The molecule has 0 spiro atoms. The van der Waals surface area contributed by atoms with Gasteiger partial charge in [-0.15, -0.1) is 4.52 Å². The summed E-state index contributed by atoms with van der Waals surface area (Å²) in [6.45, 7) is 7.65. The molecule has 16 heteroatoms. The SMILES string of the molecule is CC1=C(O)C=CC(C[n+]2cnc3c4c(ccn32)c(C(N)=O)c(N)n4-c2c(C)ccc(O)c2C)C1n1c(N)c(C(N)=O)c2cc(C)c3ncnn3c21. The van der Waals surface area contributed by atoms with E-state index in [4.69, 9.17) is 27.9 Å². The number of primary amides is 2. The molecule has 1 aliphatic rings. The van der Waals surface area contributed by atoms with E-state index in [0.717, 1.165) is 11.1 Å². The summed E-state index contributed by atoms with van der Waals surface area (Å²) in [4.78, 5) is 34.8. The van der Waals surface area contributed by atoms with Crippen LogP contribution in [0.25, 0.3) is 38.9 Å². The molecular formula is C35H35N12O4+. The van der Waals surface area contributed by atoms with Crippen molar-refractivity contribution in [2.75, 3.05) is 11.5 Å². The maximum Gasteiger partial charge on any atom is 0.308 e. The third kappa shape index (κ3) is 4.25. The molecule has 8 rings (SSSR count). The fourth-order valence-corrected chi connectivity index (χ4v) is 7.76. The molecule has 2 amide bonds. The number of aliphatic hydroxyl groups excluding tert-OH is 1. The van der Waals surface area contributed by atoms with Crippen LogP contribution in [-0.4, -0.2) is 55.3 Å². The minimum absolute atomic E-state index is 0.0639. The third-order valence-corrected chi connectivity index (χ3v) is 10.1. The highest BCUT2D eigenvalue weighted by Crippen LogP contribution is 2.42. The molecule has 0 radical (unpaired) electrons. The number of aliphatic hydroxyl groups is 1. The molecule has 0 aliphatic heterocycles. The number of benzene rings is 1. The molecule has 6 aromatic heterocycles. The molecule has 0 saturated carbocycles. The zero-order valence-electron chi connectivity index (χ0n) is 28.2. The number of hydrogen-bond acceptors (Lipinski definition) is 9. The predicted molar refractivity (Wildman–Crippen MR) is 189 cm³/mol. The van der Waals surface area contributed by atoms with Crippen molar-refractivity contribution in [1.82, 2.24) is 33.2 Å². The number of hydrogen-bond donors (Lipinski definition) is 6. The molecule has 7 aromatic rings. The molecule has 2 atom stereocenters. The molecule has 0 saturated heterocycles. The van der Waals surface area contributed by atoms with Gasteiger partial charge in [-0.05, 0) is 73.7 Å². The first-order valence-corrected chi connectivity index (χ1v) is 16.1. The fourth-order valence-electron chi connectivity index (χ4n) is 7.76. The number of anilines is 2. The molecular weight excluding hydrogens is 652 g/mol. The lowest BCUT2D eigenvalue weighted by molar-refractivity contribution is -0.766. The average Bonchev–Trinajstić information content (AvgIpc) is 3.85. The summed E-state index contributed by atoms with van der Waals surface area (Å²) >= 11 is 0. The summed E-state index contributed by atoms with van der Waals surface area (Å²) in [7, 11) is 0. The monoisotopic (exact) mass is 687 g/mol. The van der Waals surface area contributed by atoms with Crippen LogP contribution >= 0.6 is 0 Å². The van der Waals surface area contributed by atoms with E-state index in [1.54, 1.807) is 57.4 Å². The van der Waals surface area contributed by atoms with E-state index in [1.807, 2.05) is 42.1 Å². The lowest BCUT2D eigenvalue weighted by Gasteiger charge is -2.30. The quantitative estimate of drug-likeness (QED) is 0.141. The van der Waals surface area contributed by atoms with Crippen molar-refractivity contribution in [3.8, 4) is 11.4 Å². The smallest absolute Gasteiger partial charge is 0.308 e. The average molecular weight is 688 g/mol. The van der Waals surface area contributed by atoms with Crippen molar-refractivity contribution in [1.29, 1.82) is 0 Å². The largest absolute Gasteiger partial charge is 0.508 e. The van der Waals surface area contributed by atoms with Gasteiger partial charge in [0.15, 0.2) is 5.65 Å². The minimum atomic E-state index is -0.698. The predicted octanol–water partition coefficient (Wildman–Crippen LogP) is 2.82. The number of rotatable bonds is 6. The van der Waals surface area contributed by atoms with Crippen LogP contribution in [-0.2, 0) is 6.54 Å². The summed E-state index contributed by atoms with van der Waals surface area (Å²) in [5, 5.41) is 27.2. The van der Waals surface area contributed by atoms with Crippen LogP contribution in [0.1, 0.15) is 50.4 Å². The molecule has 6 heterocycles. The van der Waals surface area contributed by atoms with E-state index < -0.39 is 17.9 Å². The fraction of sp³-hybridized carbons (Fsp3) is 0.200.